The summed E-state index contributed by atoms with van der Waals surface area (Å²) >= 11 is 0. The molecule has 1 N–H and O–H groups in total. The van der Waals surface area contributed by atoms with Crippen LogP contribution in [-0.4, -0.2) is 42.2 Å². The highest BCUT2D eigenvalue weighted by Crippen LogP contribution is 2.26. The molecule has 0 aromatic heterocycles. The van der Waals surface area contributed by atoms with Crippen molar-refractivity contribution < 1.29 is 19.1 Å². The predicted molar refractivity (Wildman–Crippen MR) is 110 cm³/mol. The van der Waals surface area contributed by atoms with Gasteiger partial charge in [0.05, 0.1) is 13.7 Å². The van der Waals surface area contributed by atoms with Crippen LogP contribution in [0.2, 0.25) is 0 Å². The molecule has 0 saturated carbocycles. The maximum atomic E-state index is 12.9. The first-order valence-electron chi connectivity index (χ1n) is 9.74. The van der Waals surface area contributed by atoms with Gasteiger partial charge in [-0.05, 0) is 48.2 Å². The highest BCUT2D eigenvalue weighted by molar-refractivity contribution is 6.02. The number of nitrogens with one attached hydrogen (secondary N) is 1. The lowest BCUT2D eigenvalue weighted by molar-refractivity contribution is -0.126. The molecule has 0 bridgehead atoms. The van der Waals surface area contributed by atoms with Crippen molar-refractivity contribution in [2.45, 2.75) is 32.9 Å². The fourth-order valence-corrected chi connectivity index (χ4v) is 3.52. The van der Waals surface area contributed by atoms with Gasteiger partial charge in [-0.25, -0.2) is 0 Å². The highest BCUT2D eigenvalue weighted by Gasteiger charge is 2.36. The van der Waals surface area contributed by atoms with Crippen LogP contribution in [0.5, 0.6) is 5.75 Å². The van der Waals surface area contributed by atoms with E-state index >= 15 is 0 Å². The number of ketones is 1. The largest absolute Gasteiger partial charge is 0.497 e. The number of methoxy groups -OCH3 is 1. The van der Waals surface area contributed by atoms with Crippen molar-refractivity contribution in [3.63, 3.8) is 0 Å². The van der Waals surface area contributed by atoms with Crippen LogP contribution in [0.3, 0.4) is 0 Å². The zero-order valence-corrected chi connectivity index (χ0v) is 17.0. The lowest BCUT2D eigenvalue weighted by atomic mass is 10.0. The number of carbonyl (C=O) groups excluding carboxylic acids is 3. The van der Waals surface area contributed by atoms with Gasteiger partial charge in [0.25, 0.3) is 5.91 Å². The van der Waals surface area contributed by atoms with Crippen molar-refractivity contribution in [3.05, 3.63) is 65.2 Å². The summed E-state index contributed by atoms with van der Waals surface area (Å²) < 4.78 is 5.09. The van der Waals surface area contributed by atoms with Gasteiger partial charge in [-0.2, -0.15) is 0 Å². The number of benzene rings is 2. The molecule has 0 aliphatic carbocycles. The van der Waals surface area contributed by atoms with E-state index in [1.807, 2.05) is 32.0 Å². The summed E-state index contributed by atoms with van der Waals surface area (Å²) in [5.41, 5.74) is 2.06. The first-order chi connectivity index (χ1) is 13.9. The Morgan fingerprint density at radius 2 is 1.79 bits per heavy atom. The van der Waals surface area contributed by atoms with E-state index in [1.54, 1.807) is 42.3 Å². The third kappa shape index (κ3) is 4.65. The van der Waals surface area contributed by atoms with Gasteiger partial charge in [0.1, 0.15) is 11.8 Å². The molecular formula is C23H26N2O4. The molecule has 2 aromatic rings. The van der Waals surface area contributed by atoms with Crippen molar-refractivity contribution >= 4 is 17.6 Å². The van der Waals surface area contributed by atoms with E-state index in [0.717, 1.165) is 5.56 Å². The van der Waals surface area contributed by atoms with Gasteiger partial charge < -0.3 is 15.0 Å². The van der Waals surface area contributed by atoms with Crippen LogP contribution in [0, 0.1) is 5.92 Å². The highest BCUT2D eigenvalue weighted by atomic mass is 16.5. The van der Waals surface area contributed by atoms with Crippen LogP contribution in [0.15, 0.2) is 48.5 Å². The lowest BCUT2D eigenvalue weighted by Crippen LogP contribution is -2.48. The molecule has 29 heavy (non-hydrogen) atoms. The van der Waals surface area contributed by atoms with Crippen molar-refractivity contribution in [2.24, 2.45) is 5.92 Å². The normalized spacial score (nSPS) is 13.9. The Morgan fingerprint density at radius 3 is 2.41 bits per heavy atom. The van der Waals surface area contributed by atoms with Crippen molar-refractivity contribution in [1.29, 1.82) is 0 Å². The molecule has 152 valence electrons. The van der Waals surface area contributed by atoms with Gasteiger partial charge in [-0.1, -0.05) is 32.0 Å². The number of fused-ring (bicyclic) bond motifs is 1. The fourth-order valence-electron chi connectivity index (χ4n) is 3.52. The Kier molecular flexibility index (Phi) is 6.32. The summed E-state index contributed by atoms with van der Waals surface area (Å²) in [6, 6.07) is 13.5. The van der Waals surface area contributed by atoms with Gasteiger partial charge in [0.2, 0.25) is 5.91 Å². The topological polar surface area (TPSA) is 75.7 Å². The van der Waals surface area contributed by atoms with Crippen LogP contribution in [0.4, 0.5) is 0 Å². The first kappa shape index (κ1) is 20.6. The maximum Gasteiger partial charge on any atom is 0.255 e. The van der Waals surface area contributed by atoms with Gasteiger partial charge >= 0.3 is 0 Å². The number of Topliss-reactive ketones (excluding diaryl/α,β-unsaturated/α-hetero) is 1. The summed E-state index contributed by atoms with van der Waals surface area (Å²) in [5, 5.41) is 2.73. The summed E-state index contributed by atoms with van der Waals surface area (Å²) in [5.74, 6) is 0.249. The number of hydrogen-bond donors (Lipinski definition) is 1. The minimum absolute atomic E-state index is 0.116. The zero-order valence-electron chi connectivity index (χ0n) is 17.0. The molecule has 0 saturated heterocycles. The molecular weight excluding hydrogens is 368 g/mol. The van der Waals surface area contributed by atoms with Gasteiger partial charge in [-0.3, -0.25) is 14.4 Å². The Labute approximate surface area is 170 Å². The van der Waals surface area contributed by atoms with Crippen LogP contribution in [-0.2, 0) is 11.3 Å². The molecule has 1 unspecified atom stereocenters. The van der Waals surface area contributed by atoms with E-state index in [4.69, 9.17) is 4.74 Å². The number of ether oxygens (including phenoxy) is 1. The lowest BCUT2D eigenvalue weighted by Gasteiger charge is -2.28. The molecule has 0 spiro atoms. The van der Waals surface area contributed by atoms with Crippen LogP contribution in [0.25, 0.3) is 0 Å². The van der Waals surface area contributed by atoms with E-state index in [2.05, 4.69) is 5.32 Å². The van der Waals surface area contributed by atoms with E-state index in [1.165, 1.54) is 0 Å². The maximum absolute atomic E-state index is 12.9. The Morgan fingerprint density at radius 1 is 1.10 bits per heavy atom. The second-order valence-corrected chi connectivity index (χ2v) is 7.61. The summed E-state index contributed by atoms with van der Waals surface area (Å²) in [4.78, 5) is 39.8. The number of hydrogen-bond acceptors (Lipinski definition) is 4. The van der Waals surface area contributed by atoms with Gasteiger partial charge in [-0.15, -0.1) is 0 Å². The van der Waals surface area contributed by atoms with Crippen LogP contribution < -0.4 is 10.1 Å². The third-order valence-electron chi connectivity index (χ3n) is 5.06. The molecule has 0 radical (unpaired) electrons. The van der Waals surface area contributed by atoms with Crippen molar-refractivity contribution in [3.8, 4) is 5.75 Å². The third-order valence-corrected chi connectivity index (χ3v) is 5.06. The van der Waals surface area contributed by atoms with Crippen molar-refractivity contribution in [1.82, 2.24) is 10.2 Å². The molecule has 2 amide bonds. The standard InChI is InChI=1S/C23H26N2O4/c1-15(2)12-20(25-14-17-6-4-5-7-19(17)23(25)28)22(27)24-13-21(26)16-8-10-18(29-3)11-9-16/h4-11,15,20H,12-14H2,1-3H3,(H,24,27). The minimum atomic E-state index is -0.612. The number of amides is 2. The molecule has 6 heteroatoms. The molecule has 0 fully saturated rings. The minimum Gasteiger partial charge on any atom is -0.497 e. The fraction of sp³-hybridized carbons (Fsp3) is 0.348. The molecule has 1 heterocycles. The Balaban J connectivity index is 1.68. The summed E-state index contributed by atoms with van der Waals surface area (Å²) in [6.45, 7) is 4.31. The number of carbonyl (C=O) groups is 3. The molecule has 1 aliphatic heterocycles. The zero-order chi connectivity index (χ0) is 21.0. The SMILES string of the molecule is COc1ccc(C(=O)CNC(=O)C(CC(C)C)N2Cc3ccccc3C2=O)cc1. The summed E-state index contributed by atoms with van der Waals surface area (Å²) in [7, 11) is 1.56. The Bertz CT molecular complexity index is 905. The van der Waals surface area contributed by atoms with E-state index in [0.29, 0.717) is 29.8 Å². The van der Waals surface area contributed by atoms with E-state index in [-0.39, 0.29) is 30.1 Å². The van der Waals surface area contributed by atoms with E-state index in [9.17, 15) is 14.4 Å². The number of rotatable bonds is 8. The molecule has 2 aromatic carbocycles. The van der Waals surface area contributed by atoms with Crippen molar-refractivity contribution in [2.75, 3.05) is 13.7 Å². The Hall–Kier alpha value is -3.15. The number of nitrogens with zero attached hydrogens (tertiary/aromatic N) is 1. The summed E-state index contributed by atoms with van der Waals surface area (Å²) in [6.07, 6.45) is 0.530. The second kappa shape index (κ2) is 8.90. The monoisotopic (exact) mass is 394 g/mol. The van der Waals surface area contributed by atoms with Gasteiger partial charge in [0, 0.05) is 17.7 Å². The average Bonchev–Trinajstić information content (AvgIpc) is 3.06. The molecule has 1 atom stereocenters. The molecule has 1 aliphatic rings. The quantitative estimate of drug-likeness (QED) is 0.698. The smallest absolute Gasteiger partial charge is 0.255 e. The van der Waals surface area contributed by atoms with E-state index < -0.39 is 6.04 Å². The molecule has 3 rings (SSSR count). The van der Waals surface area contributed by atoms with Crippen LogP contribution in [0.1, 0.15) is 46.5 Å². The average molecular weight is 394 g/mol. The molecule has 6 nitrogen and oxygen atoms in total. The first-order valence-corrected chi connectivity index (χ1v) is 9.74. The second-order valence-electron chi connectivity index (χ2n) is 7.61. The van der Waals surface area contributed by atoms with Crippen LogP contribution >= 0.6 is 0 Å². The van der Waals surface area contributed by atoms with Gasteiger partial charge in [0.15, 0.2) is 5.78 Å². The predicted octanol–water partition coefficient (Wildman–Crippen LogP) is 3.06.